The molecule has 1 saturated heterocycles. The first kappa shape index (κ1) is 27.2. The number of carbonyl (C=O) groups excluding carboxylic acids is 1. The number of primary amides is 1. The number of halogens is 1. The van der Waals surface area contributed by atoms with Crippen LogP contribution in [0.25, 0.3) is 10.9 Å². The number of hydrogen-bond donors (Lipinski definition) is 4. The lowest BCUT2D eigenvalue weighted by Crippen LogP contribution is -2.46. The van der Waals surface area contributed by atoms with Gasteiger partial charge < -0.3 is 25.6 Å². The first-order valence-electron chi connectivity index (χ1n) is 13.1. The van der Waals surface area contributed by atoms with Gasteiger partial charge in [0.15, 0.2) is 11.5 Å². The number of rotatable bonds is 12. The minimum Gasteiger partial charge on any atom is -0.493 e. The number of nitrogens with zero attached hydrogens (tertiary/aromatic N) is 5. The van der Waals surface area contributed by atoms with Crippen molar-refractivity contribution in [3.8, 4) is 11.5 Å². The standard InChI is InChI=1S/C27H33FN8O4/c1-39-23-12-21-22(13-24(23)40-10-4-9-34-8-3-7-20(34)16-37)30-17-31-27(21)32-26-15-35(14-25(29)38)36(33-26)19-6-2-5-18(28)11-19/h2,5-6,11-13,15,17,20,33,37H,3-4,7-10,14,16H2,1H3,(H2,29,38)(H,30,31,32)/t20-/m0/s1. The molecule has 1 amide bonds. The number of carbonyl (C=O) groups is 1. The number of aliphatic hydroxyl groups excluding tert-OH is 1. The Labute approximate surface area is 231 Å². The Morgan fingerprint density at radius 1 is 1.27 bits per heavy atom. The molecule has 40 heavy (non-hydrogen) atoms. The van der Waals surface area contributed by atoms with E-state index in [0.29, 0.717) is 46.3 Å². The number of hydrogen-bond acceptors (Lipinski definition) is 11. The third-order valence-electron chi connectivity index (χ3n) is 6.86. The van der Waals surface area contributed by atoms with E-state index in [2.05, 4.69) is 25.6 Å². The SMILES string of the molecule is COc1cc2c(NC3=CN(CC(N)=O)N(c4cccc(F)c4)N3)ncnc2cc1OCCCN1CCC[C@H]1CO. The van der Waals surface area contributed by atoms with Crippen molar-refractivity contribution < 1.29 is 23.8 Å². The predicted molar refractivity (Wildman–Crippen MR) is 148 cm³/mol. The maximum atomic E-state index is 13.9. The summed E-state index contributed by atoms with van der Waals surface area (Å²) in [6.07, 6.45) is 6.03. The minimum absolute atomic E-state index is 0.133. The molecule has 2 aliphatic rings. The van der Waals surface area contributed by atoms with Gasteiger partial charge in [-0.15, -0.1) is 0 Å². The van der Waals surface area contributed by atoms with Crippen LogP contribution < -0.4 is 31.1 Å². The van der Waals surface area contributed by atoms with Gasteiger partial charge in [0.1, 0.15) is 30.3 Å². The number of fused-ring (bicyclic) bond motifs is 1. The van der Waals surface area contributed by atoms with Crippen LogP contribution in [0.3, 0.4) is 0 Å². The number of benzene rings is 2. The third-order valence-corrected chi connectivity index (χ3v) is 6.86. The molecule has 0 bridgehead atoms. The molecule has 3 heterocycles. The summed E-state index contributed by atoms with van der Waals surface area (Å²) in [6.45, 7) is 2.41. The lowest BCUT2D eigenvalue weighted by Gasteiger charge is -2.29. The van der Waals surface area contributed by atoms with Crippen molar-refractivity contribution in [1.29, 1.82) is 0 Å². The molecule has 2 aromatic carbocycles. The molecule has 0 aliphatic carbocycles. The van der Waals surface area contributed by atoms with E-state index >= 15 is 0 Å². The topological polar surface area (TPSA) is 141 Å². The fraction of sp³-hybridized carbons (Fsp3) is 0.370. The Morgan fingerprint density at radius 3 is 2.92 bits per heavy atom. The van der Waals surface area contributed by atoms with Gasteiger partial charge in [-0.1, -0.05) is 6.07 Å². The zero-order valence-electron chi connectivity index (χ0n) is 22.2. The van der Waals surface area contributed by atoms with Gasteiger partial charge in [0.2, 0.25) is 5.91 Å². The average molecular weight is 553 g/mol. The van der Waals surface area contributed by atoms with Crippen molar-refractivity contribution in [2.45, 2.75) is 25.3 Å². The Hall–Kier alpha value is -4.36. The van der Waals surface area contributed by atoms with Gasteiger partial charge in [0.05, 0.1) is 37.7 Å². The van der Waals surface area contributed by atoms with Crippen LogP contribution in [0.4, 0.5) is 15.9 Å². The molecule has 13 heteroatoms. The van der Waals surface area contributed by atoms with Crippen molar-refractivity contribution in [3.63, 3.8) is 0 Å². The summed E-state index contributed by atoms with van der Waals surface area (Å²) < 4.78 is 25.5. The first-order chi connectivity index (χ1) is 19.4. The van der Waals surface area contributed by atoms with Crippen LogP contribution in [-0.4, -0.2) is 76.9 Å². The summed E-state index contributed by atoms with van der Waals surface area (Å²) in [5, 5.41) is 16.5. The van der Waals surface area contributed by atoms with Crippen molar-refractivity contribution in [2.75, 3.05) is 50.4 Å². The number of amides is 1. The summed E-state index contributed by atoms with van der Waals surface area (Å²) in [4.78, 5) is 22.8. The van der Waals surface area contributed by atoms with Gasteiger partial charge >= 0.3 is 0 Å². The highest BCUT2D eigenvalue weighted by atomic mass is 19.1. The number of aliphatic hydroxyl groups is 1. The molecule has 12 nitrogen and oxygen atoms in total. The molecule has 5 rings (SSSR count). The lowest BCUT2D eigenvalue weighted by atomic mass is 10.2. The molecule has 1 aromatic heterocycles. The number of hydrazine groups is 2. The van der Waals surface area contributed by atoms with E-state index in [-0.39, 0.29) is 19.2 Å². The van der Waals surface area contributed by atoms with E-state index in [1.165, 1.54) is 28.6 Å². The number of nitrogens with one attached hydrogen (secondary N) is 2. The molecule has 1 fully saturated rings. The average Bonchev–Trinajstić information content (AvgIpc) is 3.56. The summed E-state index contributed by atoms with van der Waals surface area (Å²) in [7, 11) is 1.57. The van der Waals surface area contributed by atoms with E-state index in [1.807, 2.05) is 6.07 Å². The Balaban J connectivity index is 1.31. The maximum absolute atomic E-state index is 13.9. The fourth-order valence-corrected chi connectivity index (χ4v) is 4.98. The normalized spacial score (nSPS) is 17.2. The number of anilines is 2. The van der Waals surface area contributed by atoms with Crippen LogP contribution in [0.1, 0.15) is 19.3 Å². The largest absolute Gasteiger partial charge is 0.493 e. The Kier molecular flexibility index (Phi) is 8.31. The van der Waals surface area contributed by atoms with Crippen molar-refractivity contribution >= 4 is 28.3 Å². The number of methoxy groups -OCH3 is 1. The summed E-state index contributed by atoms with van der Waals surface area (Å²) in [5.41, 5.74) is 9.65. The van der Waals surface area contributed by atoms with Crippen molar-refractivity contribution in [3.05, 3.63) is 60.6 Å². The highest BCUT2D eigenvalue weighted by molar-refractivity contribution is 5.92. The number of nitrogens with two attached hydrogens (primary N) is 1. The second kappa shape index (κ2) is 12.2. The summed E-state index contributed by atoms with van der Waals surface area (Å²) in [5.74, 6) is 1.09. The van der Waals surface area contributed by atoms with Crippen LogP contribution in [0.2, 0.25) is 0 Å². The molecule has 2 aliphatic heterocycles. The van der Waals surface area contributed by atoms with Crippen LogP contribution in [0, 0.1) is 5.82 Å². The molecule has 212 valence electrons. The van der Waals surface area contributed by atoms with Crippen LogP contribution in [-0.2, 0) is 4.79 Å². The second-order valence-electron chi connectivity index (χ2n) is 9.59. The maximum Gasteiger partial charge on any atom is 0.239 e. The lowest BCUT2D eigenvalue weighted by molar-refractivity contribution is -0.118. The fourth-order valence-electron chi connectivity index (χ4n) is 4.98. The zero-order valence-corrected chi connectivity index (χ0v) is 22.2. The van der Waals surface area contributed by atoms with Gasteiger partial charge in [0.25, 0.3) is 0 Å². The molecular formula is C27H33FN8O4. The van der Waals surface area contributed by atoms with Gasteiger partial charge in [-0.2, -0.15) is 5.12 Å². The smallest absolute Gasteiger partial charge is 0.239 e. The van der Waals surface area contributed by atoms with Crippen molar-refractivity contribution in [1.82, 2.24) is 25.3 Å². The summed E-state index contributed by atoms with van der Waals surface area (Å²) >= 11 is 0. The second-order valence-corrected chi connectivity index (χ2v) is 9.59. The Morgan fingerprint density at radius 2 is 2.15 bits per heavy atom. The first-order valence-corrected chi connectivity index (χ1v) is 13.1. The van der Waals surface area contributed by atoms with E-state index in [1.54, 1.807) is 31.5 Å². The number of likely N-dealkylation sites (tertiary alicyclic amines) is 1. The zero-order chi connectivity index (χ0) is 28.1. The van der Waals surface area contributed by atoms with Crippen molar-refractivity contribution in [2.24, 2.45) is 5.73 Å². The third kappa shape index (κ3) is 6.10. The Bertz CT molecular complexity index is 1390. The monoisotopic (exact) mass is 552 g/mol. The molecule has 1 atom stereocenters. The highest BCUT2D eigenvalue weighted by Crippen LogP contribution is 2.34. The summed E-state index contributed by atoms with van der Waals surface area (Å²) in [6, 6.07) is 9.79. The molecule has 0 radical (unpaired) electrons. The van der Waals surface area contributed by atoms with E-state index in [9.17, 15) is 14.3 Å². The quantitative estimate of drug-likeness (QED) is 0.245. The van der Waals surface area contributed by atoms with Crippen LogP contribution in [0.15, 0.2) is 54.7 Å². The van der Waals surface area contributed by atoms with Crippen LogP contribution >= 0.6 is 0 Å². The van der Waals surface area contributed by atoms with Gasteiger partial charge in [-0.25, -0.2) is 14.4 Å². The van der Waals surface area contributed by atoms with Crippen LogP contribution in [0.5, 0.6) is 11.5 Å². The molecule has 5 N–H and O–H groups in total. The van der Waals surface area contributed by atoms with Gasteiger partial charge in [-0.3, -0.25) is 20.1 Å². The van der Waals surface area contributed by atoms with E-state index in [0.717, 1.165) is 32.4 Å². The highest BCUT2D eigenvalue weighted by Gasteiger charge is 2.25. The minimum atomic E-state index is -0.556. The predicted octanol–water partition coefficient (Wildman–Crippen LogP) is 1.94. The molecule has 0 spiro atoms. The molecule has 0 unspecified atom stereocenters. The van der Waals surface area contributed by atoms with E-state index in [4.69, 9.17) is 15.2 Å². The van der Waals surface area contributed by atoms with E-state index < -0.39 is 11.7 Å². The number of aromatic nitrogens is 2. The molecule has 0 saturated carbocycles. The van der Waals surface area contributed by atoms with Gasteiger partial charge in [-0.05, 0) is 44.0 Å². The molecular weight excluding hydrogens is 519 g/mol. The van der Waals surface area contributed by atoms with Gasteiger partial charge in [0, 0.05) is 30.1 Å². The number of ether oxygens (including phenoxy) is 2. The molecule has 3 aromatic rings.